The van der Waals surface area contributed by atoms with Gasteiger partial charge < -0.3 is 9.72 Å². The van der Waals surface area contributed by atoms with Crippen LogP contribution in [0.3, 0.4) is 0 Å². The molecule has 0 aliphatic heterocycles. The van der Waals surface area contributed by atoms with Gasteiger partial charge >= 0.3 is 5.97 Å². The van der Waals surface area contributed by atoms with Gasteiger partial charge in [-0.3, -0.25) is 0 Å². The van der Waals surface area contributed by atoms with E-state index in [1.54, 1.807) is 6.20 Å². The lowest BCUT2D eigenvalue weighted by molar-refractivity contribution is 0.0525. The van der Waals surface area contributed by atoms with E-state index < -0.39 is 0 Å². The van der Waals surface area contributed by atoms with Crippen molar-refractivity contribution in [2.45, 2.75) is 27.2 Å². The quantitative estimate of drug-likeness (QED) is 0.749. The van der Waals surface area contributed by atoms with Crippen LogP contribution >= 0.6 is 0 Å². The molecule has 0 saturated carbocycles. The van der Waals surface area contributed by atoms with E-state index in [2.05, 4.69) is 18.8 Å². The molecule has 0 fully saturated rings. The van der Waals surface area contributed by atoms with Crippen molar-refractivity contribution in [3.63, 3.8) is 0 Å². The summed E-state index contributed by atoms with van der Waals surface area (Å²) < 4.78 is 4.95. The first-order valence-electron chi connectivity index (χ1n) is 4.98. The molecular formula is C11H17NO2. The first-order valence-corrected chi connectivity index (χ1v) is 4.98. The summed E-state index contributed by atoms with van der Waals surface area (Å²) in [5.74, 6) is 0.309. The van der Waals surface area contributed by atoms with Gasteiger partial charge in [0, 0.05) is 12.4 Å². The van der Waals surface area contributed by atoms with E-state index in [0.717, 1.165) is 12.0 Å². The van der Waals surface area contributed by atoms with E-state index in [1.807, 2.05) is 13.1 Å². The van der Waals surface area contributed by atoms with Crippen LogP contribution in [0, 0.1) is 5.92 Å². The number of H-pyrrole nitrogens is 1. The first-order chi connectivity index (χ1) is 6.65. The Morgan fingerprint density at radius 2 is 2.21 bits per heavy atom. The Morgan fingerprint density at radius 1 is 1.50 bits per heavy atom. The molecule has 1 rings (SSSR count). The maximum Gasteiger partial charge on any atom is 0.339 e. The van der Waals surface area contributed by atoms with E-state index >= 15 is 0 Å². The van der Waals surface area contributed by atoms with Crippen LogP contribution in [0.5, 0.6) is 0 Å². The van der Waals surface area contributed by atoms with Gasteiger partial charge in [0.1, 0.15) is 0 Å². The molecule has 3 nitrogen and oxygen atoms in total. The number of ether oxygens (including phenoxy) is 1. The zero-order valence-electron chi connectivity index (χ0n) is 8.96. The fourth-order valence-electron chi connectivity index (χ4n) is 1.40. The second kappa shape index (κ2) is 4.84. The summed E-state index contributed by atoms with van der Waals surface area (Å²) in [7, 11) is 0. The third kappa shape index (κ3) is 2.62. The van der Waals surface area contributed by atoms with Crippen molar-refractivity contribution in [2.75, 3.05) is 6.61 Å². The molecule has 0 aromatic carbocycles. The lowest BCUT2D eigenvalue weighted by Gasteiger charge is -2.05. The van der Waals surface area contributed by atoms with Gasteiger partial charge in [0.2, 0.25) is 0 Å². The summed E-state index contributed by atoms with van der Waals surface area (Å²) in [5, 5.41) is 0. The Kier molecular flexibility index (Phi) is 3.74. The van der Waals surface area contributed by atoms with E-state index in [1.165, 1.54) is 0 Å². The lowest BCUT2D eigenvalue weighted by Crippen LogP contribution is -2.07. The molecule has 1 N–H and O–H groups in total. The van der Waals surface area contributed by atoms with Crippen molar-refractivity contribution in [3.8, 4) is 0 Å². The van der Waals surface area contributed by atoms with Crippen LogP contribution in [0.4, 0.5) is 0 Å². The maximum absolute atomic E-state index is 11.5. The molecule has 0 atom stereocenters. The molecule has 0 spiro atoms. The van der Waals surface area contributed by atoms with Crippen molar-refractivity contribution in [3.05, 3.63) is 23.5 Å². The molecule has 78 valence electrons. The Bertz CT molecular complexity index is 302. The molecule has 0 saturated heterocycles. The van der Waals surface area contributed by atoms with Crippen molar-refractivity contribution in [1.82, 2.24) is 4.98 Å². The number of hydrogen-bond donors (Lipinski definition) is 1. The van der Waals surface area contributed by atoms with Crippen LogP contribution in [0.2, 0.25) is 0 Å². The first kappa shape index (κ1) is 10.8. The van der Waals surface area contributed by atoms with Crippen molar-refractivity contribution < 1.29 is 9.53 Å². The summed E-state index contributed by atoms with van der Waals surface area (Å²) in [6, 6.07) is 0. The second-order valence-electron chi connectivity index (χ2n) is 3.71. The van der Waals surface area contributed by atoms with Gasteiger partial charge in [0.25, 0.3) is 0 Å². The lowest BCUT2D eigenvalue weighted by atomic mass is 10.0. The minimum atomic E-state index is -0.232. The van der Waals surface area contributed by atoms with Gasteiger partial charge in [-0.2, -0.15) is 0 Å². The topological polar surface area (TPSA) is 42.1 Å². The maximum atomic E-state index is 11.5. The van der Waals surface area contributed by atoms with E-state index in [4.69, 9.17) is 4.74 Å². The minimum Gasteiger partial charge on any atom is -0.462 e. The predicted octanol–water partition coefficient (Wildman–Crippen LogP) is 2.39. The average Bonchev–Trinajstić information content (AvgIpc) is 2.51. The summed E-state index contributed by atoms with van der Waals surface area (Å²) in [5.41, 5.74) is 1.71. The number of nitrogens with one attached hydrogen (secondary N) is 1. The third-order valence-corrected chi connectivity index (χ3v) is 1.95. The predicted molar refractivity (Wildman–Crippen MR) is 55.3 cm³/mol. The Labute approximate surface area is 84.5 Å². The number of carbonyl (C=O) groups excluding carboxylic acids is 1. The van der Waals surface area contributed by atoms with Gasteiger partial charge in [-0.15, -0.1) is 0 Å². The Morgan fingerprint density at radius 3 is 2.79 bits per heavy atom. The molecule has 3 heteroatoms. The molecule has 1 aromatic heterocycles. The molecule has 1 aromatic rings. The van der Waals surface area contributed by atoms with Gasteiger partial charge in [-0.05, 0) is 24.8 Å². The van der Waals surface area contributed by atoms with Crippen LogP contribution in [0.25, 0.3) is 0 Å². The van der Waals surface area contributed by atoms with Crippen LogP contribution in [-0.4, -0.2) is 17.6 Å². The monoisotopic (exact) mass is 195 g/mol. The van der Waals surface area contributed by atoms with E-state index in [9.17, 15) is 4.79 Å². The smallest absolute Gasteiger partial charge is 0.339 e. The van der Waals surface area contributed by atoms with Crippen molar-refractivity contribution in [2.24, 2.45) is 5.92 Å². The molecule has 0 amide bonds. The second-order valence-corrected chi connectivity index (χ2v) is 3.71. The summed E-state index contributed by atoms with van der Waals surface area (Å²) in [6.45, 7) is 6.49. The standard InChI is InChI=1S/C11H17NO2/c1-4-14-11(13)10-7-12-6-9(10)5-8(2)3/h6-8,12H,4-5H2,1-3H3. The molecule has 0 aliphatic rings. The van der Waals surface area contributed by atoms with Gasteiger partial charge in [-0.1, -0.05) is 13.8 Å². The van der Waals surface area contributed by atoms with Gasteiger partial charge in [-0.25, -0.2) is 4.79 Å². The molecule has 1 heterocycles. The highest BCUT2D eigenvalue weighted by Crippen LogP contribution is 2.14. The van der Waals surface area contributed by atoms with Gasteiger partial charge in [0.05, 0.1) is 12.2 Å². The Hall–Kier alpha value is -1.25. The SMILES string of the molecule is CCOC(=O)c1c[nH]cc1CC(C)C. The van der Waals surface area contributed by atoms with Crippen LogP contribution in [-0.2, 0) is 11.2 Å². The van der Waals surface area contributed by atoms with Crippen LogP contribution in [0.1, 0.15) is 36.7 Å². The van der Waals surface area contributed by atoms with Crippen LogP contribution < -0.4 is 0 Å². The highest BCUT2D eigenvalue weighted by molar-refractivity contribution is 5.90. The number of carbonyl (C=O) groups is 1. The summed E-state index contributed by atoms with van der Waals surface area (Å²) >= 11 is 0. The molecular weight excluding hydrogens is 178 g/mol. The largest absolute Gasteiger partial charge is 0.462 e. The zero-order valence-corrected chi connectivity index (χ0v) is 8.96. The number of aromatic amines is 1. The summed E-state index contributed by atoms with van der Waals surface area (Å²) in [4.78, 5) is 14.4. The van der Waals surface area contributed by atoms with E-state index in [0.29, 0.717) is 18.1 Å². The number of rotatable bonds is 4. The molecule has 14 heavy (non-hydrogen) atoms. The van der Waals surface area contributed by atoms with Crippen LogP contribution in [0.15, 0.2) is 12.4 Å². The third-order valence-electron chi connectivity index (χ3n) is 1.95. The average molecular weight is 195 g/mol. The zero-order chi connectivity index (χ0) is 10.6. The number of hydrogen-bond acceptors (Lipinski definition) is 2. The van der Waals surface area contributed by atoms with E-state index in [-0.39, 0.29) is 5.97 Å². The fourth-order valence-corrected chi connectivity index (χ4v) is 1.40. The Balaban J connectivity index is 2.76. The molecule has 0 bridgehead atoms. The van der Waals surface area contributed by atoms with Crippen molar-refractivity contribution >= 4 is 5.97 Å². The number of esters is 1. The summed E-state index contributed by atoms with van der Waals surface area (Å²) in [6.07, 6.45) is 4.47. The highest BCUT2D eigenvalue weighted by atomic mass is 16.5. The fraction of sp³-hybridized carbons (Fsp3) is 0.545. The highest BCUT2D eigenvalue weighted by Gasteiger charge is 2.13. The van der Waals surface area contributed by atoms with Crippen molar-refractivity contribution in [1.29, 1.82) is 0 Å². The minimum absolute atomic E-state index is 0.232. The normalized spacial score (nSPS) is 10.6. The molecule has 0 unspecified atom stereocenters. The number of aromatic nitrogens is 1. The molecule has 0 radical (unpaired) electrons. The van der Waals surface area contributed by atoms with Gasteiger partial charge in [0.15, 0.2) is 0 Å². The molecule has 0 aliphatic carbocycles.